The van der Waals surface area contributed by atoms with E-state index >= 15 is 0 Å². The summed E-state index contributed by atoms with van der Waals surface area (Å²) in [6.45, 7) is 2.24. The van der Waals surface area contributed by atoms with Gasteiger partial charge in [0.05, 0.1) is 25.5 Å². The van der Waals surface area contributed by atoms with E-state index in [-0.39, 0.29) is 0 Å². The van der Waals surface area contributed by atoms with Gasteiger partial charge < -0.3 is 4.74 Å². The highest BCUT2D eigenvalue weighted by Gasteiger charge is 2.14. The van der Waals surface area contributed by atoms with Crippen LogP contribution in [-0.2, 0) is 17.9 Å². The second-order valence-corrected chi connectivity index (χ2v) is 3.10. The summed E-state index contributed by atoms with van der Waals surface area (Å²) in [7, 11) is 0. The third kappa shape index (κ3) is 0.954. The Kier molecular flexibility index (Phi) is 1.37. The highest BCUT2D eigenvalue weighted by atomic mass is 16.5. The summed E-state index contributed by atoms with van der Waals surface area (Å²) in [5.74, 6) is 0. The molecule has 66 valence electrons. The Morgan fingerprint density at radius 2 is 2.46 bits per heavy atom. The average molecular weight is 175 g/mol. The Labute approximate surface area is 75.1 Å². The smallest absolute Gasteiger partial charge is 0.181 e. The molecular formula is C9H9N3O. The van der Waals surface area contributed by atoms with E-state index in [2.05, 4.69) is 10.1 Å². The van der Waals surface area contributed by atoms with Crippen molar-refractivity contribution < 1.29 is 4.74 Å². The van der Waals surface area contributed by atoms with E-state index in [1.54, 1.807) is 6.20 Å². The van der Waals surface area contributed by atoms with Gasteiger partial charge in [-0.05, 0) is 12.1 Å². The van der Waals surface area contributed by atoms with Gasteiger partial charge in [-0.1, -0.05) is 0 Å². The molecule has 0 bridgehead atoms. The molecule has 0 atom stereocenters. The van der Waals surface area contributed by atoms with Crippen LogP contribution in [0.2, 0.25) is 0 Å². The molecule has 0 N–H and O–H groups in total. The summed E-state index contributed by atoms with van der Waals surface area (Å²) in [4.78, 5) is 4.20. The Morgan fingerprint density at radius 1 is 1.46 bits per heavy atom. The molecule has 1 aliphatic heterocycles. The molecule has 1 aliphatic rings. The van der Waals surface area contributed by atoms with Gasteiger partial charge in [0, 0.05) is 11.6 Å². The first-order chi connectivity index (χ1) is 6.45. The molecule has 2 aromatic rings. The Hall–Kier alpha value is -1.42. The SMILES string of the molecule is c1cnc2nn3c(c2c1)COCC3. The zero-order valence-corrected chi connectivity index (χ0v) is 7.10. The fourth-order valence-electron chi connectivity index (χ4n) is 1.67. The third-order valence-electron chi connectivity index (χ3n) is 2.31. The lowest BCUT2D eigenvalue weighted by Crippen LogP contribution is -2.16. The summed E-state index contributed by atoms with van der Waals surface area (Å²) in [5, 5.41) is 5.49. The first kappa shape index (κ1) is 7.03. The van der Waals surface area contributed by atoms with Crippen LogP contribution in [0.25, 0.3) is 11.0 Å². The van der Waals surface area contributed by atoms with Gasteiger partial charge in [0.2, 0.25) is 0 Å². The second-order valence-electron chi connectivity index (χ2n) is 3.10. The Bertz CT molecular complexity index is 449. The summed E-state index contributed by atoms with van der Waals surface area (Å²) in [5.41, 5.74) is 1.97. The molecule has 0 spiro atoms. The number of rotatable bonds is 0. The van der Waals surface area contributed by atoms with Crippen LogP contribution in [0.4, 0.5) is 0 Å². The second kappa shape index (κ2) is 2.53. The first-order valence-electron chi connectivity index (χ1n) is 4.33. The largest absolute Gasteiger partial charge is 0.373 e. The number of fused-ring (bicyclic) bond motifs is 3. The molecule has 3 heterocycles. The molecule has 2 aromatic heterocycles. The number of nitrogens with zero attached hydrogens (tertiary/aromatic N) is 3. The van der Waals surface area contributed by atoms with E-state index in [0.717, 1.165) is 29.9 Å². The van der Waals surface area contributed by atoms with Crippen molar-refractivity contribution in [2.24, 2.45) is 0 Å². The van der Waals surface area contributed by atoms with Crippen LogP contribution < -0.4 is 0 Å². The maximum atomic E-state index is 5.37. The topological polar surface area (TPSA) is 39.9 Å². The lowest BCUT2D eigenvalue weighted by Gasteiger charge is -2.13. The molecule has 3 rings (SSSR count). The van der Waals surface area contributed by atoms with Crippen LogP contribution in [0, 0.1) is 0 Å². The minimum Gasteiger partial charge on any atom is -0.373 e. The van der Waals surface area contributed by atoms with Crippen molar-refractivity contribution in [1.29, 1.82) is 0 Å². The van der Waals surface area contributed by atoms with Crippen LogP contribution in [0.15, 0.2) is 18.3 Å². The third-order valence-corrected chi connectivity index (χ3v) is 2.31. The first-order valence-corrected chi connectivity index (χ1v) is 4.33. The number of aromatic nitrogens is 3. The minimum atomic E-state index is 0.655. The fourth-order valence-corrected chi connectivity index (χ4v) is 1.67. The van der Waals surface area contributed by atoms with Crippen molar-refractivity contribution in [3.63, 3.8) is 0 Å². The Morgan fingerprint density at radius 3 is 3.46 bits per heavy atom. The molecule has 0 unspecified atom stereocenters. The maximum Gasteiger partial charge on any atom is 0.181 e. The van der Waals surface area contributed by atoms with Crippen LogP contribution in [0.5, 0.6) is 0 Å². The molecule has 0 saturated carbocycles. The molecule has 0 saturated heterocycles. The highest BCUT2D eigenvalue weighted by molar-refractivity contribution is 5.77. The van der Waals surface area contributed by atoms with Gasteiger partial charge in [-0.25, -0.2) is 4.98 Å². The van der Waals surface area contributed by atoms with Gasteiger partial charge >= 0.3 is 0 Å². The van der Waals surface area contributed by atoms with E-state index in [0.29, 0.717) is 6.61 Å². The van der Waals surface area contributed by atoms with Gasteiger partial charge in [0.1, 0.15) is 0 Å². The number of ether oxygens (including phenoxy) is 1. The monoisotopic (exact) mass is 175 g/mol. The molecule has 13 heavy (non-hydrogen) atoms. The average Bonchev–Trinajstić information content (AvgIpc) is 2.56. The van der Waals surface area contributed by atoms with E-state index in [4.69, 9.17) is 4.74 Å². The molecule has 4 heteroatoms. The molecule has 0 radical (unpaired) electrons. The molecule has 0 aliphatic carbocycles. The van der Waals surface area contributed by atoms with Crippen molar-refractivity contribution >= 4 is 11.0 Å². The molecular weight excluding hydrogens is 166 g/mol. The lowest BCUT2D eigenvalue weighted by molar-refractivity contribution is 0.0811. The van der Waals surface area contributed by atoms with Gasteiger partial charge in [0.15, 0.2) is 5.65 Å². The summed E-state index contributed by atoms with van der Waals surface area (Å²) in [6, 6.07) is 3.97. The molecule has 4 nitrogen and oxygen atoms in total. The van der Waals surface area contributed by atoms with Crippen LogP contribution in [0.1, 0.15) is 5.69 Å². The number of hydrogen-bond acceptors (Lipinski definition) is 3. The quantitative estimate of drug-likeness (QED) is 0.598. The standard InChI is InChI=1S/C9H9N3O/c1-2-7-8-6-13-5-4-12(8)11-9(7)10-3-1/h1-3H,4-6H2. The molecule has 0 fully saturated rings. The van der Waals surface area contributed by atoms with Gasteiger partial charge in [-0.3, -0.25) is 4.68 Å². The Balaban J connectivity index is 2.34. The van der Waals surface area contributed by atoms with E-state index in [1.165, 1.54) is 0 Å². The lowest BCUT2D eigenvalue weighted by atomic mass is 10.2. The zero-order valence-electron chi connectivity index (χ0n) is 7.10. The van der Waals surface area contributed by atoms with E-state index in [9.17, 15) is 0 Å². The summed E-state index contributed by atoms with van der Waals surface area (Å²) in [6.07, 6.45) is 1.77. The maximum absolute atomic E-state index is 5.37. The van der Waals surface area contributed by atoms with Crippen molar-refractivity contribution in [2.75, 3.05) is 6.61 Å². The van der Waals surface area contributed by atoms with Crippen molar-refractivity contribution in [2.45, 2.75) is 13.2 Å². The number of pyridine rings is 1. The normalized spacial score (nSPS) is 16.0. The van der Waals surface area contributed by atoms with Gasteiger partial charge in [0.25, 0.3) is 0 Å². The van der Waals surface area contributed by atoms with Gasteiger partial charge in [-0.15, -0.1) is 0 Å². The highest BCUT2D eigenvalue weighted by Crippen LogP contribution is 2.19. The van der Waals surface area contributed by atoms with Gasteiger partial charge in [-0.2, -0.15) is 5.10 Å². The number of hydrogen-bond donors (Lipinski definition) is 0. The van der Waals surface area contributed by atoms with Crippen LogP contribution in [-0.4, -0.2) is 21.4 Å². The molecule has 0 aromatic carbocycles. The van der Waals surface area contributed by atoms with E-state index < -0.39 is 0 Å². The summed E-state index contributed by atoms with van der Waals surface area (Å²) < 4.78 is 7.36. The minimum absolute atomic E-state index is 0.655. The molecule has 0 amide bonds. The van der Waals surface area contributed by atoms with Crippen molar-refractivity contribution in [3.05, 3.63) is 24.0 Å². The van der Waals surface area contributed by atoms with Crippen LogP contribution in [0.3, 0.4) is 0 Å². The van der Waals surface area contributed by atoms with Crippen molar-refractivity contribution in [3.8, 4) is 0 Å². The van der Waals surface area contributed by atoms with E-state index in [1.807, 2.05) is 16.8 Å². The predicted octanol–water partition coefficient (Wildman–Crippen LogP) is 0.961. The predicted molar refractivity (Wildman–Crippen MR) is 47.2 cm³/mol. The fraction of sp³-hybridized carbons (Fsp3) is 0.333. The zero-order chi connectivity index (χ0) is 8.67. The van der Waals surface area contributed by atoms with Crippen molar-refractivity contribution in [1.82, 2.24) is 14.8 Å². The summed E-state index contributed by atoms with van der Waals surface area (Å²) >= 11 is 0. The van der Waals surface area contributed by atoms with Crippen LogP contribution >= 0.6 is 0 Å².